The van der Waals surface area contributed by atoms with E-state index in [1.807, 2.05) is 6.92 Å². The molecule has 0 saturated heterocycles. The highest BCUT2D eigenvalue weighted by molar-refractivity contribution is 5.67. The van der Waals surface area contributed by atoms with Crippen LogP contribution in [0.5, 0.6) is 0 Å². The summed E-state index contributed by atoms with van der Waals surface area (Å²) in [7, 11) is 0. The highest BCUT2D eigenvalue weighted by Gasteiger charge is 2.21. The lowest BCUT2D eigenvalue weighted by Crippen LogP contribution is -2.43. The number of carbonyl (C=O) groups excluding carboxylic acids is 2. The lowest BCUT2D eigenvalue weighted by Gasteiger charge is -2.25. The van der Waals surface area contributed by atoms with Gasteiger partial charge in [-0.15, -0.1) is 0 Å². The summed E-state index contributed by atoms with van der Waals surface area (Å²) in [6.07, 6.45) is 1.54. The Bertz CT molecular complexity index is 236. The highest BCUT2D eigenvalue weighted by atomic mass is 16.6. The van der Waals surface area contributed by atoms with Crippen molar-refractivity contribution in [2.24, 2.45) is 11.8 Å². The van der Waals surface area contributed by atoms with Crippen molar-refractivity contribution in [1.29, 1.82) is 0 Å². The molecular formula is C11H22N2O3. The van der Waals surface area contributed by atoms with Gasteiger partial charge in [-0.05, 0) is 33.1 Å². The Morgan fingerprint density at radius 1 is 1.50 bits per heavy atom. The van der Waals surface area contributed by atoms with Crippen LogP contribution in [0.3, 0.4) is 0 Å². The van der Waals surface area contributed by atoms with Crippen LogP contribution in [0.4, 0.5) is 4.79 Å². The number of nitrogens with two attached hydrogens (primary N) is 1. The average molecular weight is 230 g/mol. The van der Waals surface area contributed by atoms with E-state index in [2.05, 4.69) is 0 Å². The first-order valence-electron chi connectivity index (χ1n) is 5.45. The second-order valence-electron chi connectivity index (χ2n) is 4.98. The summed E-state index contributed by atoms with van der Waals surface area (Å²) in [5.74, 6) is 5.75. The third-order valence-electron chi connectivity index (χ3n) is 1.91. The molecule has 1 amide bonds. The topological polar surface area (TPSA) is 72.6 Å². The maximum absolute atomic E-state index is 11.5. The number of carbonyl (C=O) groups is 2. The molecule has 16 heavy (non-hydrogen) atoms. The SMILES string of the molecule is CC(CCC=O)CN(N)C(=O)OC(C)(C)C. The zero-order valence-electron chi connectivity index (χ0n) is 10.5. The van der Waals surface area contributed by atoms with Gasteiger partial charge in [-0.25, -0.2) is 15.6 Å². The van der Waals surface area contributed by atoms with Gasteiger partial charge in [0.25, 0.3) is 0 Å². The molecule has 0 aliphatic carbocycles. The molecule has 0 bridgehead atoms. The molecule has 0 aliphatic rings. The number of hydrogen-bond acceptors (Lipinski definition) is 4. The average Bonchev–Trinajstić information content (AvgIpc) is 2.11. The molecule has 0 fully saturated rings. The number of amides is 1. The van der Waals surface area contributed by atoms with Crippen LogP contribution in [0.15, 0.2) is 0 Å². The van der Waals surface area contributed by atoms with E-state index in [9.17, 15) is 9.59 Å². The number of nitrogens with zero attached hydrogens (tertiary/aromatic N) is 1. The largest absolute Gasteiger partial charge is 0.443 e. The van der Waals surface area contributed by atoms with E-state index in [4.69, 9.17) is 10.6 Å². The smallest absolute Gasteiger partial charge is 0.424 e. The maximum atomic E-state index is 11.5. The molecule has 0 aromatic heterocycles. The van der Waals surface area contributed by atoms with Gasteiger partial charge in [-0.3, -0.25) is 0 Å². The minimum Gasteiger partial charge on any atom is -0.443 e. The van der Waals surface area contributed by atoms with Gasteiger partial charge in [-0.2, -0.15) is 0 Å². The summed E-state index contributed by atoms with van der Waals surface area (Å²) in [4.78, 5) is 21.7. The minimum absolute atomic E-state index is 0.183. The van der Waals surface area contributed by atoms with Crippen molar-refractivity contribution in [2.45, 2.75) is 46.1 Å². The molecule has 0 heterocycles. The van der Waals surface area contributed by atoms with Gasteiger partial charge in [0.05, 0.1) is 0 Å². The van der Waals surface area contributed by atoms with E-state index in [0.717, 1.165) is 17.7 Å². The monoisotopic (exact) mass is 230 g/mol. The predicted molar refractivity (Wildman–Crippen MR) is 61.6 cm³/mol. The van der Waals surface area contributed by atoms with E-state index in [-0.39, 0.29) is 5.92 Å². The van der Waals surface area contributed by atoms with E-state index in [0.29, 0.717) is 13.0 Å². The Hall–Kier alpha value is -1.10. The summed E-state index contributed by atoms with van der Waals surface area (Å²) in [5.41, 5.74) is -0.541. The molecule has 0 rings (SSSR count). The minimum atomic E-state index is -0.541. The number of aldehydes is 1. The van der Waals surface area contributed by atoms with Gasteiger partial charge >= 0.3 is 6.09 Å². The van der Waals surface area contributed by atoms with Crippen LogP contribution in [-0.4, -0.2) is 29.5 Å². The third kappa shape index (κ3) is 7.23. The number of hydrogen-bond donors (Lipinski definition) is 1. The van der Waals surface area contributed by atoms with Gasteiger partial charge in [0, 0.05) is 13.0 Å². The molecule has 0 radical (unpaired) electrons. The van der Waals surface area contributed by atoms with Gasteiger partial charge in [0.1, 0.15) is 11.9 Å². The van der Waals surface area contributed by atoms with Crippen LogP contribution in [0.1, 0.15) is 40.5 Å². The van der Waals surface area contributed by atoms with Gasteiger partial charge in [-0.1, -0.05) is 6.92 Å². The fourth-order valence-corrected chi connectivity index (χ4v) is 1.17. The van der Waals surface area contributed by atoms with Gasteiger partial charge in [0.2, 0.25) is 0 Å². The molecule has 94 valence electrons. The fourth-order valence-electron chi connectivity index (χ4n) is 1.17. The van der Waals surface area contributed by atoms with Crippen molar-refractivity contribution in [2.75, 3.05) is 6.54 Å². The van der Waals surface area contributed by atoms with Crippen LogP contribution in [0, 0.1) is 5.92 Å². The normalized spacial score (nSPS) is 13.1. The molecule has 0 aromatic carbocycles. The summed E-state index contributed by atoms with van der Waals surface area (Å²) < 4.78 is 5.10. The Kier molecular flexibility index (Phi) is 6.03. The molecule has 5 nitrogen and oxygen atoms in total. The first kappa shape index (κ1) is 14.9. The number of ether oxygens (including phenoxy) is 1. The van der Waals surface area contributed by atoms with Crippen LogP contribution in [-0.2, 0) is 9.53 Å². The molecule has 0 aromatic rings. The van der Waals surface area contributed by atoms with Gasteiger partial charge < -0.3 is 9.53 Å². The van der Waals surface area contributed by atoms with Crippen LogP contribution in [0.2, 0.25) is 0 Å². The lowest BCUT2D eigenvalue weighted by atomic mass is 10.1. The summed E-state index contributed by atoms with van der Waals surface area (Å²) >= 11 is 0. The van der Waals surface area contributed by atoms with Crippen molar-refractivity contribution >= 4 is 12.4 Å². The molecule has 0 spiro atoms. The zero-order valence-corrected chi connectivity index (χ0v) is 10.5. The fraction of sp³-hybridized carbons (Fsp3) is 0.818. The summed E-state index contributed by atoms with van der Waals surface area (Å²) in [6, 6.07) is 0. The van der Waals surface area contributed by atoms with Crippen molar-refractivity contribution in [3.8, 4) is 0 Å². The van der Waals surface area contributed by atoms with E-state index in [1.54, 1.807) is 20.8 Å². The third-order valence-corrected chi connectivity index (χ3v) is 1.91. The van der Waals surface area contributed by atoms with Crippen molar-refractivity contribution in [1.82, 2.24) is 5.01 Å². The summed E-state index contributed by atoms with van der Waals surface area (Å²) in [5, 5.41) is 1.06. The first-order valence-corrected chi connectivity index (χ1v) is 5.45. The van der Waals surface area contributed by atoms with Crippen LogP contribution in [0.25, 0.3) is 0 Å². The second kappa shape index (κ2) is 6.48. The Labute approximate surface area is 96.9 Å². The molecule has 5 heteroatoms. The second-order valence-corrected chi connectivity index (χ2v) is 4.98. The molecule has 0 saturated carbocycles. The Balaban J connectivity index is 4.00. The van der Waals surface area contributed by atoms with E-state index < -0.39 is 11.7 Å². The lowest BCUT2D eigenvalue weighted by molar-refractivity contribution is -0.108. The van der Waals surface area contributed by atoms with Gasteiger partial charge in [0.15, 0.2) is 0 Å². The molecule has 2 N–H and O–H groups in total. The summed E-state index contributed by atoms with van der Waals surface area (Å²) in [6.45, 7) is 7.69. The van der Waals surface area contributed by atoms with Crippen LogP contribution < -0.4 is 5.84 Å². The van der Waals surface area contributed by atoms with Crippen molar-refractivity contribution in [3.63, 3.8) is 0 Å². The maximum Gasteiger partial charge on any atom is 0.424 e. The number of rotatable bonds is 5. The molecular weight excluding hydrogens is 208 g/mol. The number of hydrazine groups is 1. The first-order chi connectivity index (χ1) is 7.26. The standard InChI is InChI=1S/C11H22N2O3/c1-9(6-5-7-14)8-13(12)10(15)16-11(2,3)4/h7,9H,5-6,8,12H2,1-4H3. The molecule has 1 unspecified atom stereocenters. The van der Waals surface area contributed by atoms with Crippen LogP contribution >= 0.6 is 0 Å². The Morgan fingerprint density at radius 2 is 2.06 bits per heavy atom. The van der Waals surface area contributed by atoms with Crippen molar-refractivity contribution in [3.05, 3.63) is 0 Å². The van der Waals surface area contributed by atoms with E-state index in [1.165, 1.54) is 0 Å². The zero-order chi connectivity index (χ0) is 12.8. The highest BCUT2D eigenvalue weighted by Crippen LogP contribution is 2.10. The Morgan fingerprint density at radius 3 is 2.50 bits per heavy atom. The molecule has 0 aliphatic heterocycles. The van der Waals surface area contributed by atoms with E-state index >= 15 is 0 Å². The van der Waals surface area contributed by atoms with Crippen molar-refractivity contribution < 1.29 is 14.3 Å². The molecule has 1 atom stereocenters. The predicted octanol–water partition coefficient (Wildman–Crippen LogP) is 1.71. The quantitative estimate of drug-likeness (QED) is 0.338.